The Balaban J connectivity index is 1.93. The maximum atomic E-state index is 13.7. The van der Waals surface area contributed by atoms with E-state index in [2.05, 4.69) is 12.2 Å². The first-order valence-electron chi connectivity index (χ1n) is 5.67. The van der Waals surface area contributed by atoms with E-state index in [0.717, 1.165) is 6.54 Å². The number of methoxy groups -OCH3 is 1. The third-order valence-electron chi connectivity index (χ3n) is 3.23. The predicted octanol–water partition coefficient (Wildman–Crippen LogP) is 2.72. The summed E-state index contributed by atoms with van der Waals surface area (Å²) in [7, 11) is 1.49. The zero-order valence-electron chi connectivity index (χ0n) is 9.85. The fourth-order valence-corrected chi connectivity index (χ4v) is 1.74. The summed E-state index contributed by atoms with van der Waals surface area (Å²) in [6.07, 6.45) is 2.56. The van der Waals surface area contributed by atoms with Gasteiger partial charge in [0.25, 0.3) is 0 Å². The van der Waals surface area contributed by atoms with Crippen molar-refractivity contribution in [3.63, 3.8) is 0 Å². The quantitative estimate of drug-likeness (QED) is 0.828. The molecule has 1 N–H and O–H groups in total. The van der Waals surface area contributed by atoms with Crippen molar-refractivity contribution in [2.75, 3.05) is 13.7 Å². The van der Waals surface area contributed by atoms with Crippen molar-refractivity contribution in [3.05, 3.63) is 29.6 Å². The molecule has 0 amide bonds. The second-order valence-corrected chi connectivity index (χ2v) is 4.85. The van der Waals surface area contributed by atoms with Crippen LogP contribution in [0.1, 0.15) is 25.3 Å². The molecule has 0 aliphatic heterocycles. The van der Waals surface area contributed by atoms with Gasteiger partial charge in [-0.1, -0.05) is 19.1 Å². The van der Waals surface area contributed by atoms with Crippen molar-refractivity contribution < 1.29 is 9.13 Å². The lowest BCUT2D eigenvalue weighted by atomic mass is 10.1. The SMILES string of the molecule is COc1cccc(CNCC2(C)CC2)c1F. The van der Waals surface area contributed by atoms with Crippen molar-refractivity contribution >= 4 is 0 Å². The van der Waals surface area contributed by atoms with E-state index in [0.29, 0.717) is 23.3 Å². The molecule has 2 nitrogen and oxygen atoms in total. The molecule has 0 spiro atoms. The highest BCUT2D eigenvalue weighted by Gasteiger charge is 2.36. The van der Waals surface area contributed by atoms with E-state index in [9.17, 15) is 4.39 Å². The van der Waals surface area contributed by atoms with Crippen LogP contribution in [-0.4, -0.2) is 13.7 Å². The summed E-state index contributed by atoms with van der Waals surface area (Å²) in [4.78, 5) is 0. The third kappa shape index (κ3) is 2.53. The van der Waals surface area contributed by atoms with Crippen LogP contribution in [0.25, 0.3) is 0 Å². The molecular weight excluding hydrogens is 205 g/mol. The Bertz CT molecular complexity index is 374. The number of benzene rings is 1. The van der Waals surface area contributed by atoms with Gasteiger partial charge in [0.1, 0.15) is 0 Å². The molecule has 2 rings (SSSR count). The van der Waals surface area contributed by atoms with Gasteiger partial charge < -0.3 is 10.1 Å². The van der Waals surface area contributed by atoms with Crippen molar-refractivity contribution in [1.82, 2.24) is 5.32 Å². The van der Waals surface area contributed by atoms with E-state index >= 15 is 0 Å². The number of hydrogen-bond acceptors (Lipinski definition) is 2. The molecule has 0 bridgehead atoms. The Labute approximate surface area is 95.8 Å². The number of hydrogen-bond donors (Lipinski definition) is 1. The van der Waals surface area contributed by atoms with Crippen molar-refractivity contribution in [1.29, 1.82) is 0 Å². The molecule has 0 aromatic heterocycles. The number of halogens is 1. The van der Waals surface area contributed by atoms with E-state index in [-0.39, 0.29) is 5.82 Å². The van der Waals surface area contributed by atoms with Crippen LogP contribution in [0.4, 0.5) is 4.39 Å². The van der Waals surface area contributed by atoms with Gasteiger partial charge in [-0.25, -0.2) is 4.39 Å². The topological polar surface area (TPSA) is 21.3 Å². The monoisotopic (exact) mass is 223 g/mol. The van der Waals surface area contributed by atoms with Gasteiger partial charge in [0.05, 0.1) is 7.11 Å². The van der Waals surface area contributed by atoms with Gasteiger partial charge in [-0.15, -0.1) is 0 Å². The highest BCUT2D eigenvalue weighted by atomic mass is 19.1. The summed E-state index contributed by atoms with van der Waals surface area (Å²) in [5, 5.41) is 3.30. The molecule has 1 aromatic carbocycles. The third-order valence-corrected chi connectivity index (χ3v) is 3.23. The summed E-state index contributed by atoms with van der Waals surface area (Å²) in [5.41, 5.74) is 1.12. The molecule has 1 fully saturated rings. The Morgan fingerprint density at radius 2 is 2.19 bits per heavy atom. The van der Waals surface area contributed by atoms with E-state index in [1.807, 2.05) is 6.07 Å². The molecule has 16 heavy (non-hydrogen) atoms. The molecule has 1 saturated carbocycles. The van der Waals surface area contributed by atoms with Crippen LogP contribution in [0.2, 0.25) is 0 Å². The fraction of sp³-hybridized carbons (Fsp3) is 0.538. The Kier molecular flexibility index (Phi) is 3.15. The Morgan fingerprint density at radius 3 is 2.81 bits per heavy atom. The molecule has 0 unspecified atom stereocenters. The van der Waals surface area contributed by atoms with Gasteiger partial charge >= 0.3 is 0 Å². The molecule has 0 radical (unpaired) electrons. The summed E-state index contributed by atoms with van der Waals surface area (Å²) in [6.45, 7) is 3.78. The minimum Gasteiger partial charge on any atom is -0.494 e. The fourth-order valence-electron chi connectivity index (χ4n) is 1.74. The number of nitrogens with one attached hydrogen (secondary N) is 1. The molecule has 0 saturated heterocycles. The van der Waals surface area contributed by atoms with Crippen LogP contribution >= 0.6 is 0 Å². The molecule has 0 heterocycles. The minimum absolute atomic E-state index is 0.251. The maximum Gasteiger partial charge on any atom is 0.169 e. The zero-order valence-corrected chi connectivity index (χ0v) is 9.85. The maximum absolute atomic E-state index is 13.7. The average Bonchev–Trinajstić information content (AvgIpc) is 2.99. The minimum atomic E-state index is -0.251. The highest BCUT2D eigenvalue weighted by Crippen LogP contribution is 2.44. The first-order valence-corrected chi connectivity index (χ1v) is 5.67. The van der Waals surface area contributed by atoms with Gasteiger partial charge in [0.2, 0.25) is 0 Å². The molecule has 1 aliphatic carbocycles. The number of rotatable bonds is 5. The molecule has 1 aromatic rings. The van der Waals surface area contributed by atoms with E-state index in [1.54, 1.807) is 12.1 Å². The zero-order chi connectivity index (χ0) is 11.6. The lowest BCUT2D eigenvalue weighted by Gasteiger charge is -2.11. The largest absolute Gasteiger partial charge is 0.494 e. The Morgan fingerprint density at radius 1 is 1.44 bits per heavy atom. The van der Waals surface area contributed by atoms with Crippen LogP contribution < -0.4 is 10.1 Å². The number of ether oxygens (including phenoxy) is 1. The van der Waals surface area contributed by atoms with E-state index in [4.69, 9.17) is 4.74 Å². The van der Waals surface area contributed by atoms with Crippen molar-refractivity contribution in [3.8, 4) is 5.75 Å². The van der Waals surface area contributed by atoms with Crippen LogP contribution in [-0.2, 0) is 6.54 Å². The summed E-state index contributed by atoms with van der Waals surface area (Å²) in [5.74, 6) is 0.0652. The molecule has 0 atom stereocenters. The first-order chi connectivity index (χ1) is 7.64. The van der Waals surface area contributed by atoms with Gasteiger partial charge in [0, 0.05) is 18.7 Å². The van der Waals surface area contributed by atoms with Crippen molar-refractivity contribution in [2.45, 2.75) is 26.3 Å². The first kappa shape index (κ1) is 11.4. The molecule has 88 valence electrons. The van der Waals surface area contributed by atoms with Gasteiger partial charge in [0.15, 0.2) is 11.6 Å². The smallest absolute Gasteiger partial charge is 0.169 e. The highest BCUT2D eigenvalue weighted by molar-refractivity contribution is 5.30. The summed E-state index contributed by atoms with van der Waals surface area (Å²) < 4.78 is 18.7. The van der Waals surface area contributed by atoms with E-state index < -0.39 is 0 Å². The molecule has 1 aliphatic rings. The van der Waals surface area contributed by atoms with Gasteiger partial charge in [-0.2, -0.15) is 0 Å². The van der Waals surface area contributed by atoms with E-state index in [1.165, 1.54) is 20.0 Å². The van der Waals surface area contributed by atoms with Crippen LogP contribution in [0.15, 0.2) is 18.2 Å². The summed E-state index contributed by atoms with van der Waals surface area (Å²) in [6, 6.07) is 5.25. The standard InChI is InChI=1S/C13H18FNO/c1-13(6-7-13)9-15-8-10-4-3-5-11(16-2)12(10)14/h3-5,15H,6-9H2,1-2H3. The van der Waals surface area contributed by atoms with Crippen LogP contribution in [0.3, 0.4) is 0 Å². The lowest BCUT2D eigenvalue weighted by molar-refractivity contribution is 0.382. The normalized spacial score (nSPS) is 17.2. The molecule has 3 heteroatoms. The second kappa shape index (κ2) is 4.42. The van der Waals surface area contributed by atoms with Crippen LogP contribution in [0, 0.1) is 11.2 Å². The van der Waals surface area contributed by atoms with Crippen LogP contribution in [0.5, 0.6) is 5.75 Å². The molecular formula is C13H18FNO. The summed E-state index contributed by atoms with van der Waals surface area (Å²) >= 11 is 0. The average molecular weight is 223 g/mol. The lowest BCUT2D eigenvalue weighted by Crippen LogP contribution is -2.22. The van der Waals surface area contributed by atoms with Gasteiger partial charge in [-0.3, -0.25) is 0 Å². The predicted molar refractivity (Wildman–Crippen MR) is 62.0 cm³/mol. The second-order valence-electron chi connectivity index (χ2n) is 4.85. The Hall–Kier alpha value is -1.09. The van der Waals surface area contributed by atoms with Crippen molar-refractivity contribution in [2.24, 2.45) is 5.41 Å². The van der Waals surface area contributed by atoms with Gasteiger partial charge in [-0.05, 0) is 24.3 Å².